The molecule has 1 aromatic carbocycles. The summed E-state index contributed by atoms with van der Waals surface area (Å²) in [6.45, 7) is 10.2. The van der Waals surface area contributed by atoms with Crippen molar-refractivity contribution in [3.63, 3.8) is 0 Å². The van der Waals surface area contributed by atoms with Crippen LogP contribution in [0.1, 0.15) is 45.2 Å². The summed E-state index contributed by atoms with van der Waals surface area (Å²) in [4.78, 5) is 13.0. The molecule has 0 fully saturated rings. The van der Waals surface area contributed by atoms with Crippen LogP contribution in [-0.2, 0) is 17.8 Å². The van der Waals surface area contributed by atoms with Crippen LogP contribution >= 0.6 is 0 Å². The van der Waals surface area contributed by atoms with Crippen LogP contribution in [0, 0.1) is 5.92 Å². The average Bonchev–Trinajstić information content (AvgIpc) is 2.36. The highest BCUT2D eigenvalue weighted by Crippen LogP contribution is 2.14. The third-order valence-electron chi connectivity index (χ3n) is 3.55. The molecular formula is C17H27NO2. The summed E-state index contributed by atoms with van der Waals surface area (Å²) in [7, 11) is 0. The molecule has 1 unspecified atom stereocenters. The van der Waals surface area contributed by atoms with Crippen molar-refractivity contribution in [3.8, 4) is 0 Å². The topological polar surface area (TPSA) is 40.5 Å². The molecule has 0 spiro atoms. The number of rotatable bonds is 8. The molecule has 0 aliphatic rings. The van der Waals surface area contributed by atoms with Crippen molar-refractivity contribution in [2.45, 2.75) is 53.1 Å². The highest BCUT2D eigenvalue weighted by molar-refractivity contribution is 5.67. The molecule has 20 heavy (non-hydrogen) atoms. The van der Waals surface area contributed by atoms with Crippen molar-refractivity contribution >= 4 is 5.97 Å². The number of carbonyl (C=O) groups is 1. The second kappa shape index (κ2) is 8.05. The third kappa shape index (κ3) is 5.74. The number of hydrogen-bond donors (Lipinski definition) is 1. The first kappa shape index (κ1) is 16.7. The van der Waals surface area contributed by atoms with E-state index in [0.29, 0.717) is 5.92 Å². The summed E-state index contributed by atoms with van der Waals surface area (Å²) in [5.74, 6) is -0.0631. The first-order chi connectivity index (χ1) is 9.42. The molecule has 1 aromatic rings. The summed E-state index contributed by atoms with van der Waals surface area (Å²) in [5.41, 5.74) is 2.61. The van der Waals surface area contributed by atoms with E-state index in [1.54, 1.807) is 0 Å². The van der Waals surface area contributed by atoms with Crippen molar-refractivity contribution in [3.05, 3.63) is 35.4 Å². The Balaban J connectivity index is 2.63. The van der Waals surface area contributed by atoms with Gasteiger partial charge >= 0.3 is 5.97 Å². The van der Waals surface area contributed by atoms with Crippen molar-refractivity contribution in [1.82, 2.24) is 4.90 Å². The summed E-state index contributed by atoms with van der Waals surface area (Å²) in [6, 6.07) is 8.76. The summed E-state index contributed by atoms with van der Waals surface area (Å²) in [6.07, 6.45) is 1.30. The zero-order valence-corrected chi connectivity index (χ0v) is 13.1. The fraction of sp³-hybridized carbons (Fsp3) is 0.588. The predicted octanol–water partition coefficient (Wildman–Crippen LogP) is 3.57. The van der Waals surface area contributed by atoms with Crippen LogP contribution in [-0.4, -0.2) is 28.6 Å². The standard InChI is InChI=1S/C17H27NO2/c1-5-18(14(4)11-17(19)20)12-16-8-6-15(7-9-16)10-13(2)3/h6-9,13-14H,5,10-12H2,1-4H3,(H,19,20). The molecule has 0 bridgehead atoms. The third-order valence-corrected chi connectivity index (χ3v) is 3.55. The van der Waals surface area contributed by atoms with Gasteiger partial charge in [-0.25, -0.2) is 0 Å². The van der Waals surface area contributed by atoms with Gasteiger partial charge in [-0.3, -0.25) is 9.69 Å². The zero-order valence-electron chi connectivity index (χ0n) is 13.1. The fourth-order valence-electron chi connectivity index (χ4n) is 2.45. The van der Waals surface area contributed by atoms with E-state index >= 15 is 0 Å². The minimum Gasteiger partial charge on any atom is -0.481 e. The number of aliphatic carboxylic acids is 1. The largest absolute Gasteiger partial charge is 0.481 e. The monoisotopic (exact) mass is 277 g/mol. The Morgan fingerprint density at radius 1 is 1.15 bits per heavy atom. The van der Waals surface area contributed by atoms with Crippen LogP contribution in [0.2, 0.25) is 0 Å². The SMILES string of the molecule is CCN(Cc1ccc(CC(C)C)cc1)C(C)CC(=O)O. The average molecular weight is 277 g/mol. The van der Waals surface area contributed by atoms with Crippen LogP contribution in [0.25, 0.3) is 0 Å². The minimum atomic E-state index is -0.733. The highest BCUT2D eigenvalue weighted by Gasteiger charge is 2.15. The smallest absolute Gasteiger partial charge is 0.304 e. The Kier molecular flexibility index (Phi) is 6.73. The number of carboxylic acids is 1. The first-order valence-electron chi connectivity index (χ1n) is 7.46. The molecule has 0 amide bonds. The van der Waals surface area contributed by atoms with Gasteiger partial charge in [0.25, 0.3) is 0 Å². The second-order valence-corrected chi connectivity index (χ2v) is 5.92. The van der Waals surface area contributed by atoms with Crippen LogP contribution in [0.3, 0.4) is 0 Å². The summed E-state index contributed by atoms with van der Waals surface area (Å²) in [5, 5.41) is 8.89. The Hall–Kier alpha value is -1.35. The first-order valence-corrected chi connectivity index (χ1v) is 7.46. The van der Waals surface area contributed by atoms with Gasteiger partial charge in [0.2, 0.25) is 0 Å². The van der Waals surface area contributed by atoms with Crippen molar-refractivity contribution < 1.29 is 9.90 Å². The molecule has 0 aliphatic heterocycles. The molecule has 112 valence electrons. The molecule has 0 aromatic heterocycles. The normalized spacial score (nSPS) is 12.9. The van der Waals surface area contributed by atoms with E-state index < -0.39 is 5.97 Å². The lowest BCUT2D eigenvalue weighted by molar-refractivity contribution is -0.138. The Morgan fingerprint density at radius 3 is 2.15 bits per heavy atom. The molecule has 3 heteroatoms. The zero-order chi connectivity index (χ0) is 15.1. The molecule has 3 nitrogen and oxygen atoms in total. The fourth-order valence-corrected chi connectivity index (χ4v) is 2.45. The van der Waals surface area contributed by atoms with Gasteiger partial charge in [-0.2, -0.15) is 0 Å². The van der Waals surface area contributed by atoms with Crippen molar-refractivity contribution in [2.24, 2.45) is 5.92 Å². The number of benzene rings is 1. The van der Waals surface area contributed by atoms with E-state index in [0.717, 1.165) is 19.5 Å². The Bertz CT molecular complexity index is 412. The predicted molar refractivity (Wildman–Crippen MR) is 82.8 cm³/mol. The lowest BCUT2D eigenvalue weighted by Crippen LogP contribution is -2.34. The number of carboxylic acid groups (broad SMARTS) is 1. The van der Waals surface area contributed by atoms with Crippen LogP contribution in [0.4, 0.5) is 0 Å². The maximum atomic E-state index is 10.8. The lowest BCUT2D eigenvalue weighted by atomic mass is 10.0. The molecular weight excluding hydrogens is 250 g/mol. The van der Waals surface area contributed by atoms with E-state index in [4.69, 9.17) is 5.11 Å². The summed E-state index contributed by atoms with van der Waals surface area (Å²) < 4.78 is 0. The molecule has 0 saturated carbocycles. The van der Waals surface area contributed by atoms with E-state index in [-0.39, 0.29) is 12.5 Å². The Labute approximate surface area is 122 Å². The summed E-state index contributed by atoms with van der Waals surface area (Å²) >= 11 is 0. The van der Waals surface area contributed by atoms with Crippen LogP contribution in [0.5, 0.6) is 0 Å². The quantitative estimate of drug-likeness (QED) is 0.789. The molecule has 0 radical (unpaired) electrons. The van der Waals surface area contributed by atoms with E-state index in [1.165, 1.54) is 11.1 Å². The van der Waals surface area contributed by atoms with E-state index in [1.807, 2.05) is 6.92 Å². The highest BCUT2D eigenvalue weighted by atomic mass is 16.4. The molecule has 1 rings (SSSR count). The van der Waals surface area contributed by atoms with Gasteiger partial charge in [0, 0.05) is 12.6 Å². The van der Waals surface area contributed by atoms with Crippen molar-refractivity contribution in [1.29, 1.82) is 0 Å². The van der Waals surface area contributed by atoms with Crippen molar-refractivity contribution in [2.75, 3.05) is 6.54 Å². The van der Waals surface area contributed by atoms with Gasteiger partial charge < -0.3 is 5.11 Å². The molecule has 0 saturated heterocycles. The van der Waals surface area contributed by atoms with Gasteiger partial charge in [0.05, 0.1) is 6.42 Å². The van der Waals surface area contributed by atoms with Gasteiger partial charge in [-0.1, -0.05) is 45.0 Å². The van der Waals surface area contributed by atoms with E-state index in [9.17, 15) is 4.79 Å². The lowest BCUT2D eigenvalue weighted by Gasteiger charge is -2.26. The van der Waals surface area contributed by atoms with Gasteiger partial charge in [-0.05, 0) is 36.9 Å². The van der Waals surface area contributed by atoms with Gasteiger partial charge in [-0.15, -0.1) is 0 Å². The van der Waals surface area contributed by atoms with Crippen LogP contribution < -0.4 is 0 Å². The Morgan fingerprint density at radius 2 is 1.70 bits per heavy atom. The molecule has 1 N–H and O–H groups in total. The molecule has 0 aliphatic carbocycles. The van der Waals surface area contributed by atoms with Gasteiger partial charge in [0.1, 0.15) is 0 Å². The second-order valence-electron chi connectivity index (χ2n) is 5.92. The minimum absolute atomic E-state index is 0.0628. The maximum absolute atomic E-state index is 10.8. The molecule has 0 heterocycles. The molecule has 1 atom stereocenters. The maximum Gasteiger partial charge on any atom is 0.304 e. The van der Waals surface area contributed by atoms with Crippen LogP contribution in [0.15, 0.2) is 24.3 Å². The number of hydrogen-bond acceptors (Lipinski definition) is 2. The van der Waals surface area contributed by atoms with E-state index in [2.05, 4.69) is 49.9 Å². The number of nitrogens with zero attached hydrogens (tertiary/aromatic N) is 1. The van der Waals surface area contributed by atoms with Gasteiger partial charge in [0.15, 0.2) is 0 Å².